The van der Waals surface area contributed by atoms with Crippen LogP contribution in [0.3, 0.4) is 0 Å². The van der Waals surface area contributed by atoms with Gasteiger partial charge in [-0.2, -0.15) is 11.3 Å². The summed E-state index contributed by atoms with van der Waals surface area (Å²) < 4.78 is 0. The van der Waals surface area contributed by atoms with Crippen LogP contribution in [-0.4, -0.2) is 30.6 Å². The number of benzene rings is 1. The molecule has 0 amide bonds. The fourth-order valence-electron chi connectivity index (χ4n) is 3.20. The van der Waals surface area contributed by atoms with E-state index in [1.807, 2.05) is 0 Å². The van der Waals surface area contributed by atoms with Crippen molar-refractivity contribution >= 4 is 11.3 Å². The van der Waals surface area contributed by atoms with Gasteiger partial charge in [0, 0.05) is 25.7 Å². The number of hydrogen-bond donors (Lipinski definition) is 1. The second-order valence-electron chi connectivity index (χ2n) is 6.25. The number of rotatable bonds is 4. The van der Waals surface area contributed by atoms with Crippen molar-refractivity contribution in [3.8, 4) is 0 Å². The Morgan fingerprint density at radius 3 is 2.81 bits per heavy atom. The third kappa shape index (κ3) is 3.20. The molecule has 1 fully saturated rings. The lowest BCUT2D eigenvalue weighted by Gasteiger charge is -2.48. The van der Waals surface area contributed by atoms with Crippen LogP contribution in [0, 0.1) is 0 Å². The molecule has 2 nitrogen and oxygen atoms in total. The summed E-state index contributed by atoms with van der Waals surface area (Å²) in [5, 5.41) is 8.10. The first kappa shape index (κ1) is 14.8. The van der Waals surface area contributed by atoms with Gasteiger partial charge in [-0.3, -0.25) is 4.90 Å². The Labute approximate surface area is 131 Å². The molecule has 0 radical (unpaired) electrons. The van der Waals surface area contributed by atoms with E-state index in [0.717, 1.165) is 26.1 Å². The largest absolute Gasteiger partial charge is 0.311 e. The van der Waals surface area contributed by atoms with Crippen molar-refractivity contribution in [3.63, 3.8) is 0 Å². The van der Waals surface area contributed by atoms with Crippen molar-refractivity contribution in [1.29, 1.82) is 0 Å². The summed E-state index contributed by atoms with van der Waals surface area (Å²) in [6.07, 6.45) is 1.14. The molecule has 1 saturated heterocycles. The molecule has 0 spiro atoms. The summed E-state index contributed by atoms with van der Waals surface area (Å²) in [7, 11) is 0. The first-order valence-electron chi connectivity index (χ1n) is 7.73. The SMILES string of the molecule is CC1CN(CCc2ccsc2)C(C)(c2ccccc2)CN1. The molecular weight excluding hydrogens is 276 g/mol. The van der Waals surface area contributed by atoms with E-state index in [-0.39, 0.29) is 5.54 Å². The van der Waals surface area contributed by atoms with Gasteiger partial charge in [0.1, 0.15) is 0 Å². The Hall–Kier alpha value is -1.16. The zero-order valence-corrected chi connectivity index (χ0v) is 13.7. The average molecular weight is 300 g/mol. The molecule has 2 atom stereocenters. The minimum absolute atomic E-state index is 0.0871. The van der Waals surface area contributed by atoms with Crippen molar-refractivity contribution in [1.82, 2.24) is 10.2 Å². The van der Waals surface area contributed by atoms with Crippen LogP contribution in [0.1, 0.15) is 25.0 Å². The minimum Gasteiger partial charge on any atom is -0.311 e. The molecule has 2 heterocycles. The number of nitrogens with one attached hydrogen (secondary N) is 1. The third-order valence-electron chi connectivity index (χ3n) is 4.63. The monoisotopic (exact) mass is 300 g/mol. The van der Waals surface area contributed by atoms with Gasteiger partial charge in [-0.1, -0.05) is 30.3 Å². The van der Waals surface area contributed by atoms with Gasteiger partial charge in [0.25, 0.3) is 0 Å². The first-order valence-corrected chi connectivity index (χ1v) is 8.68. The Kier molecular flexibility index (Phi) is 4.43. The lowest BCUT2D eigenvalue weighted by molar-refractivity contribution is 0.0547. The highest BCUT2D eigenvalue weighted by atomic mass is 32.1. The molecule has 0 saturated carbocycles. The van der Waals surface area contributed by atoms with Gasteiger partial charge in [0.15, 0.2) is 0 Å². The molecule has 1 aromatic heterocycles. The van der Waals surface area contributed by atoms with Crippen molar-refractivity contribution in [2.45, 2.75) is 31.8 Å². The van der Waals surface area contributed by atoms with Crippen LogP contribution in [0.5, 0.6) is 0 Å². The summed E-state index contributed by atoms with van der Waals surface area (Å²) in [5.41, 5.74) is 2.96. The molecule has 1 N–H and O–H groups in total. The minimum atomic E-state index is 0.0871. The predicted octanol–water partition coefficient (Wildman–Crippen LogP) is 3.50. The number of nitrogens with zero attached hydrogens (tertiary/aromatic N) is 1. The fraction of sp³-hybridized carbons (Fsp3) is 0.444. The highest BCUT2D eigenvalue weighted by molar-refractivity contribution is 7.07. The Balaban J connectivity index is 1.79. The zero-order chi connectivity index (χ0) is 14.7. The van der Waals surface area contributed by atoms with E-state index < -0.39 is 0 Å². The van der Waals surface area contributed by atoms with E-state index in [9.17, 15) is 0 Å². The Bertz CT molecular complexity index is 552. The van der Waals surface area contributed by atoms with E-state index in [0.29, 0.717) is 6.04 Å². The molecule has 112 valence electrons. The van der Waals surface area contributed by atoms with Gasteiger partial charge < -0.3 is 5.32 Å². The van der Waals surface area contributed by atoms with Crippen LogP contribution in [0.15, 0.2) is 47.2 Å². The van der Waals surface area contributed by atoms with E-state index in [1.165, 1.54) is 11.1 Å². The van der Waals surface area contributed by atoms with Crippen molar-refractivity contribution in [2.75, 3.05) is 19.6 Å². The molecule has 1 aromatic carbocycles. The van der Waals surface area contributed by atoms with E-state index in [1.54, 1.807) is 11.3 Å². The zero-order valence-electron chi connectivity index (χ0n) is 12.9. The van der Waals surface area contributed by atoms with Crippen LogP contribution in [0.25, 0.3) is 0 Å². The molecule has 1 aliphatic rings. The summed E-state index contributed by atoms with van der Waals surface area (Å²) in [5.74, 6) is 0. The van der Waals surface area contributed by atoms with Crippen LogP contribution in [0.4, 0.5) is 0 Å². The van der Waals surface area contributed by atoms with Crippen LogP contribution in [-0.2, 0) is 12.0 Å². The first-order chi connectivity index (χ1) is 10.2. The maximum atomic E-state index is 3.65. The molecule has 21 heavy (non-hydrogen) atoms. The van der Waals surface area contributed by atoms with Crippen LogP contribution in [0.2, 0.25) is 0 Å². The number of thiophene rings is 1. The van der Waals surface area contributed by atoms with Gasteiger partial charge >= 0.3 is 0 Å². The van der Waals surface area contributed by atoms with E-state index in [2.05, 4.69) is 71.2 Å². The molecule has 2 unspecified atom stereocenters. The maximum Gasteiger partial charge on any atom is 0.0558 e. The Morgan fingerprint density at radius 2 is 2.10 bits per heavy atom. The van der Waals surface area contributed by atoms with Crippen LogP contribution < -0.4 is 5.32 Å². The standard InChI is InChI=1S/C18H24N2S/c1-15-12-20(10-8-16-9-11-21-13-16)18(2,14-19-15)17-6-4-3-5-7-17/h3-7,9,11,13,15,19H,8,10,12,14H2,1-2H3. The van der Waals surface area contributed by atoms with Gasteiger partial charge in [0.2, 0.25) is 0 Å². The summed E-state index contributed by atoms with van der Waals surface area (Å²) in [6.45, 7) is 7.89. The molecule has 0 bridgehead atoms. The lowest BCUT2D eigenvalue weighted by atomic mass is 9.87. The molecule has 1 aliphatic heterocycles. The number of piperazine rings is 1. The summed E-state index contributed by atoms with van der Waals surface area (Å²) in [6, 6.07) is 13.7. The summed E-state index contributed by atoms with van der Waals surface area (Å²) >= 11 is 1.79. The Morgan fingerprint density at radius 1 is 1.29 bits per heavy atom. The molecule has 0 aliphatic carbocycles. The number of hydrogen-bond acceptors (Lipinski definition) is 3. The van der Waals surface area contributed by atoms with Gasteiger partial charge in [-0.25, -0.2) is 0 Å². The normalized spacial score (nSPS) is 26.9. The van der Waals surface area contributed by atoms with E-state index in [4.69, 9.17) is 0 Å². The van der Waals surface area contributed by atoms with E-state index >= 15 is 0 Å². The second-order valence-corrected chi connectivity index (χ2v) is 7.03. The lowest BCUT2D eigenvalue weighted by Crippen LogP contribution is -2.61. The highest BCUT2D eigenvalue weighted by Crippen LogP contribution is 2.30. The molecule has 3 rings (SSSR count). The smallest absolute Gasteiger partial charge is 0.0558 e. The van der Waals surface area contributed by atoms with Gasteiger partial charge in [-0.05, 0) is 48.2 Å². The van der Waals surface area contributed by atoms with Gasteiger partial charge in [0.05, 0.1) is 5.54 Å². The molecule has 3 heteroatoms. The quantitative estimate of drug-likeness (QED) is 0.929. The van der Waals surface area contributed by atoms with Crippen molar-refractivity contribution in [2.24, 2.45) is 0 Å². The predicted molar refractivity (Wildman–Crippen MR) is 90.9 cm³/mol. The van der Waals surface area contributed by atoms with Crippen LogP contribution >= 0.6 is 11.3 Å². The fourth-order valence-corrected chi connectivity index (χ4v) is 3.90. The second kappa shape index (κ2) is 6.30. The summed E-state index contributed by atoms with van der Waals surface area (Å²) in [4.78, 5) is 2.65. The maximum absolute atomic E-state index is 3.65. The molecular formula is C18H24N2S. The average Bonchev–Trinajstić information content (AvgIpc) is 3.02. The third-order valence-corrected chi connectivity index (χ3v) is 5.37. The molecule has 2 aromatic rings. The van der Waals surface area contributed by atoms with Crippen molar-refractivity contribution in [3.05, 3.63) is 58.3 Å². The van der Waals surface area contributed by atoms with Gasteiger partial charge in [-0.15, -0.1) is 0 Å². The topological polar surface area (TPSA) is 15.3 Å². The van der Waals surface area contributed by atoms with Crippen molar-refractivity contribution < 1.29 is 0 Å². The highest BCUT2D eigenvalue weighted by Gasteiger charge is 2.37.